The molecule has 250 valence electrons. The summed E-state index contributed by atoms with van der Waals surface area (Å²) in [6, 6.07) is 2.06. The summed E-state index contributed by atoms with van der Waals surface area (Å²) < 4.78 is 235. The molecule has 0 spiro atoms. The Bertz CT molecular complexity index is 1400. The number of hydrogen-bond donors (Lipinski definition) is 0. The molecule has 0 aromatic heterocycles. The van der Waals surface area contributed by atoms with Crippen LogP contribution in [0, 0.1) is 11.3 Å². The van der Waals surface area contributed by atoms with Gasteiger partial charge >= 0.3 is 53.6 Å². The second kappa shape index (κ2) is 11.4. The van der Waals surface area contributed by atoms with Crippen molar-refractivity contribution in [1.29, 1.82) is 5.26 Å². The standard InChI is InChI=1S/C24H13F17N2O2/c1-2-45-16(44)15(11-42)12-7-9-43(10-8-12)14-5-3-13(4-6-14)17(25,26)18(27,28)19(29,30)20(31,32)21(33,34)22(35,36)23(37,38)24(39,40)41/h3-10H,2H2,1H3. The molecule has 1 aliphatic heterocycles. The van der Waals surface area contributed by atoms with E-state index in [0.717, 1.165) is 29.5 Å². The van der Waals surface area contributed by atoms with E-state index in [1.807, 2.05) is 0 Å². The average Bonchev–Trinajstić information content (AvgIpc) is 2.92. The number of nitrogens with zero attached hydrogens (tertiary/aromatic N) is 2. The number of rotatable bonds is 10. The number of carbonyl (C=O) groups is 1. The Kier molecular flexibility index (Phi) is 9.44. The molecular weight excluding hydrogens is 671 g/mol. The molecule has 1 aliphatic rings. The smallest absolute Gasteiger partial charge is 0.460 e. The van der Waals surface area contributed by atoms with E-state index in [1.165, 1.54) is 6.92 Å². The molecule has 1 aromatic carbocycles. The van der Waals surface area contributed by atoms with Crippen molar-refractivity contribution in [3.63, 3.8) is 0 Å². The molecule has 0 saturated heterocycles. The lowest BCUT2D eigenvalue weighted by Crippen LogP contribution is -2.74. The number of hydrogen-bond acceptors (Lipinski definition) is 4. The molecule has 0 N–H and O–H groups in total. The van der Waals surface area contributed by atoms with Crippen LogP contribution in [0.5, 0.6) is 0 Å². The van der Waals surface area contributed by atoms with Gasteiger partial charge in [-0.3, -0.25) is 0 Å². The van der Waals surface area contributed by atoms with E-state index < -0.39 is 64.7 Å². The number of allylic oxidation sites excluding steroid dienone is 3. The van der Waals surface area contributed by atoms with E-state index >= 15 is 0 Å². The first-order valence-corrected chi connectivity index (χ1v) is 11.4. The van der Waals surface area contributed by atoms with Crippen molar-refractivity contribution < 1.29 is 84.2 Å². The van der Waals surface area contributed by atoms with E-state index in [0.29, 0.717) is 12.1 Å². The van der Waals surface area contributed by atoms with Crippen LogP contribution in [0.25, 0.3) is 0 Å². The maximum atomic E-state index is 14.5. The zero-order chi connectivity index (χ0) is 35.2. The van der Waals surface area contributed by atoms with E-state index in [-0.39, 0.29) is 30.0 Å². The van der Waals surface area contributed by atoms with Gasteiger partial charge in [0.2, 0.25) is 0 Å². The second-order valence-corrected chi connectivity index (χ2v) is 8.77. The minimum absolute atomic E-state index is 0.0477. The first-order valence-electron chi connectivity index (χ1n) is 11.4. The highest BCUT2D eigenvalue weighted by molar-refractivity contribution is 5.95. The number of ether oxygens (including phenoxy) is 1. The quantitative estimate of drug-likeness (QED) is 0.108. The van der Waals surface area contributed by atoms with Gasteiger partial charge in [0.25, 0.3) is 0 Å². The summed E-state index contributed by atoms with van der Waals surface area (Å²) in [6.45, 7) is 1.31. The number of alkyl halides is 17. The third-order valence-electron chi connectivity index (χ3n) is 5.96. The lowest BCUT2D eigenvalue weighted by atomic mass is 9.87. The topological polar surface area (TPSA) is 53.3 Å². The highest BCUT2D eigenvalue weighted by Crippen LogP contribution is 2.65. The minimum atomic E-state index is -8.70. The molecule has 0 bridgehead atoms. The number of nitriles is 1. The SMILES string of the molecule is CCOC(=O)C(C#N)=C1C=CN(c2ccc(C(F)(F)C(F)(F)C(F)(F)C(F)(F)C(F)(F)C(F)(F)C(F)(F)C(F)(F)F)cc2)C=C1. The van der Waals surface area contributed by atoms with Gasteiger partial charge in [0.1, 0.15) is 11.6 Å². The van der Waals surface area contributed by atoms with E-state index in [4.69, 9.17) is 5.26 Å². The molecule has 0 unspecified atom stereocenters. The first-order chi connectivity index (χ1) is 20.1. The van der Waals surface area contributed by atoms with Gasteiger partial charge in [0, 0.05) is 29.2 Å². The summed E-state index contributed by atoms with van der Waals surface area (Å²) in [5, 5.41) is 9.11. The van der Waals surface area contributed by atoms with Gasteiger partial charge in [-0.1, -0.05) is 12.1 Å². The monoisotopic (exact) mass is 684 g/mol. The van der Waals surface area contributed by atoms with Gasteiger partial charge in [0.15, 0.2) is 0 Å². The Balaban J connectivity index is 2.48. The fourth-order valence-electron chi connectivity index (χ4n) is 3.38. The number of carbonyl (C=O) groups excluding carboxylic acids is 1. The molecule has 45 heavy (non-hydrogen) atoms. The Morgan fingerprint density at radius 3 is 1.47 bits per heavy atom. The predicted octanol–water partition coefficient (Wildman–Crippen LogP) is 8.38. The molecule has 0 aliphatic carbocycles. The predicted molar refractivity (Wildman–Crippen MR) is 116 cm³/mol. The van der Waals surface area contributed by atoms with Crippen LogP contribution >= 0.6 is 0 Å². The molecule has 1 aromatic rings. The van der Waals surface area contributed by atoms with Crippen LogP contribution in [0.1, 0.15) is 12.5 Å². The highest BCUT2D eigenvalue weighted by Gasteiger charge is 2.95. The molecular formula is C24H13F17N2O2. The summed E-state index contributed by atoms with van der Waals surface area (Å²) in [4.78, 5) is 12.7. The van der Waals surface area contributed by atoms with E-state index in [2.05, 4.69) is 4.74 Å². The second-order valence-electron chi connectivity index (χ2n) is 8.77. The number of anilines is 1. The Hall–Kier alpha value is -3.99. The maximum Gasteiger partial charge on any atom is 0.460 e. The molecule has 2 rings (SSSR count). The first kappa shape index (κ1) is 37.2. The lowest BCUT2D eigenvalue weighted by Gasteiger charge is -2.42. The van der Waals surface area contributed by atoms with Gasteiger partial charge in [-0.15, -0.1) is 0 Å². The van der Waals surface area contributed by atoms with Crippen molar-refractivity contribution in [2.24, 2.45) is 0 Å². The van der Waals surface area contributed by atoms with Gasteiger partial charge < -0.3 is 9.64 Å². The van der Waals surface area contributed by atoms with Crippen LogP contribution in [0.4, 0.5) is 80.3 Å². The van der Waals surface area contributed by atoms with Crippen molar-refractivity contribution in [2.75, 3.05) is 11.5 Å². The minimum Gasteiger partial charge on any atom is -0.462 e. The van der Waals surface area contributed by atoms with Gasteiger partial charge in [0.05, 0.1) is 6.61 Å². The number of benzene rings is 1. The van der Waals surface area contributed by atoms with Crippen LogP contribution in [0.2, 0.25) is 0 Å². The third kappa shape index (κ3) is 5.55. The van der Waals surface area contributed by atoms with Crippen LogP contribution < -0.4 is 4.90 Å². The zero-order valence-corrected chi connectivity index (χ0v) is 21.5. The van der Waals surface area contributed by atoms with Gasteiger partial charge in [-0.25, -0.2) is 4.79 Å². The Morgan fingerprint density at radius 2 is 1.09 bits per heavy atom. The lowest BCUT2D eigenvalue weighted by molar-refractivity contribution is -0.462. The molecule has 21 heteroatoms. The summed E-state index contributed by atoms with van der Waals surface area (Å²) in [6.07, 6.45) is -3.61. The number of halogens is 17. The third-order valence-corrected chi connectivity index (χ3v) is 5.96. The van der Waals surface area contributed by atoms with Gasteiger partial charge in [-0.2, -0.15) is 79.9 Å². The van der Waals surface area contributed by atoms with Crippen LogP contribution in [0.3, 0.4) is 0 Å². The Morgan fingerprint density at radius 1 is 0.689 bits per heavy atom. The molecule has 0 atom stereocenters. The highest BCUT2D eigenvalue weighted by atomic mass is 19.4. The molecule has 0 radical (unpaired) electrons. The van der Waals surface area contributed by atoms with Crippen molar-refractivity contribution in [2.45, 2.75) is 54.6 Å². The van der Waals surface area contributed by atoms with E-state index in [1.54, 1.807) is 6.07 Å². The molecule has 0 saturated carbocycles. The van der Waals surface area contributed by atoms with Crippen molar-refractivity contribution in [1.82, 2.24) is 0 Å². The van der Waals surface area contributed by atoms with Crippen LogP contribution in [-0.2, 0) is 15.5 Å². The van der Waals surface area contributed by atoms with Crippen molar-refractivity contribution in [3.8, 4) is 6.07 Å². The Labute approximate surface area is 239 Å². The number of esters is 1. The van der Waals surface area contributed by atoms with E-state index in [9.17, 15) is 79.4 Å². The molecule has 1 heterocycles. The fraction of sp³-hybridized carbons (Fsp3) is 0.417. The van der Waals surface area contributed by atoms with Crippen LogP contribution in [-0.4, -0.2) is 54.3 Å². The summed E-state index contributed by atoms with van der Waals surface area (Å²) in [5.41, 5.74) is -3.21. The zero-order valence-electron chi connectivity index (χ0n) is 21.5. The average molecular weight is 684 g/mol. The van der Waals surface area contributed by atoms with Crippen molar-refractivity contribution in [3.05, 3.63) is 65.5 Å². The molecule has 0 fully saturated rings. The van der Waals surface area contributed by atoms with Gasteiger partial charge in [-0.05, 0) is 31.2 Å². The van der Waals surface area contributed by atoms with Crippen LogP contribution in [0.15, 0.2) is 60.0 Å². The fourth-order valence-corrected chi connectivity index (χ4v) is 3.38. The molecule has 4 nitrogen and oxygen atoms in total. The maximum absolute atomic E-state index is 14.5. The normalized spacial score (nSPS) is 15.7. The molecule has 0 amide bonds. The summed E-state index contributed by atoms with van der Waals surface area (Å²) in [5.74, 6) is -58.1. The van der Waals surface area contributed by atoms with Crippen molar-refractivity contribution >= 4 is 11.7 Å². The summed E-state index contributed by atoms with van der Waals surface area (Å²) in [7, 11) is 0. The largest absolute Gasteiger partial charge is 0.462 e. The summed E-state index contributed by atoms with van der Waals surface area (Å²) >= 11 is 0.